The lowest BCUT2D eigenvalue weighted by Gasteiger charge is -2.30. The van der Waals surface area contributed by atoms with Gasteiger partial charge in [0.2, 0.25) is 10.0 Å². The van der Waals surface area contributed by atoms with Crippen LogP contribution in [0.1, 0.15) is 26.7 Å². The highest BCUT2D eigenvalue weighted by atomic mass is 35.5. The normalized spacial score (nSPS) is 20.5. The molecule has 7 heteroatoms. The number of ether oxygens (including phenoxy) is 1. The average Bonchev–Trinajstić information content (AvgIpc) is 2.44. The van der Waals surface area contributed by atoms with Crippen LogP contribution in [0.2, 0.25) is 10.0 Å². The van der Waals surface area contributed by atoms with E-state index < -0.39 is 10.0 Å². The van der Waals surface area contributed by atoms with Gasteiger partial charge in [-0.15, -0.1) is 0 Å². The summed E-state index contributed by atoms with van der Waals surface area (Å²) in [6.07, 6.45) is 1.91. The number of piperidine rings is 1. The fourth-order valence-electron chi connectivity index (χ4n) is 2.50. The third kappa shape index (κ3) is 3.47. The maximum Gasteiger partial charge on any atom is 0.246 e. The largest absolute Gasteiger partial charge is 0.491 e. The van der Waals surface area contributed by atoms with Crippen LogP contribution in [0.25, 0.3) is 0 Å². The van der Waals surface area contributed by atoms with E-state index in [1.807, 2.05) is 0 Å². The molecule has 0 saturated carbocycles. The minimum atomic E-state index is -3.62. The number of nitrogens with zero attached hydrogens (tertiary/aromatic N) is 1. The molecule has 0 spiro atoms. The standard InChI is InChI=1S/C14H19Cl2NO3S/c1-3-20-14-12(7-6-11(15)13(14)16)21(18,19)17-8-4-5-10(2)9-17/h6-7,10H,3-5,8-9H2,1-2H3/t10-/m1/s1. The number of hydrogen-bond donors (Lipinski definition) is 0. The first-order valence-electron chi connectivity index (χ1n) is 6.98. The molecule has 21 heavy (non-hydrogen) atoms. The summed E-state index contributed by atoms with van der Waals surface area (Å²) in [6, 6.07) is 2.96. The minimum absolute atomic E-state index is 0.0906. The Bertz CT molecular complexity index is 619. The first kappa shape index (κ1) is 16.9. The van der Waals surface area contributed by atoms with E-state index in [4.69, 9.17) is 27.9 Å². The monoisotopic (exact) mass is 351 g/mol. The summed E-state index contributed by atoms with van der Waals surface area (Å²) >= 11 is 12.1. The summed E-state index contributed by atoms with van der Waals surface area (Å²) < 4.78 is 32.6. The van der Waals surface area contributed by atoms with Gasteiger partial charge in [-0.25, -0.2) is 8.42 Å². The smallest absolute Gasteiger partial charge is 0.246 e. The Morgan fingerprint density at radius 2 is 2.10 bits per heavy atom. The second-order valence-electron chi connectivity index (χ2n) is 5.23. The van der Waals surface area contributed by atoms with Gasteiger partial charge >= 0.3 is 0 Å². The zero-order valence-electron chi connectivity index (χ0n) is 12.1. The maximum atomic E-state index is 12.8. The van der Waals surface area contributed by atoms with Crippen molar-refractivity contribution in [1.82, 2.24) is 4.31 Å². The molecular weight excluding hydrogens is 333 g/mol. The Morgan fingerprint density at radius 3 is 2.71 bits per heavy atom. The van der Waals surface area contributed by atoms with E-state index in [2.05, 4.69) is 6.92 Å². The SMILES string of the molecule is CCOc1c(S(=O)(=O)N2CCC[C@@H](C)C2)ccc(Cl)c1Cl. The second-order valence-corrected chi connectivity index (χ2v) is 7.92. The van der Waals surface area contributed by atoms with E-state index in [1.54, 1.807) is 6.92 Å². The Morgan fingerprint density at radius 1 is 1.38 bits per heavy atom. The lowest BCUT2D eigenvalue weighted by atomic mass is 10.0. The van der Waals surface area contributed by atoms with Gasteiger partial charge in [-0.1, -0.05) is 30.1 Å². The van der Waals surface area contributed by atoms with Crippen LogP contribution in [-0.2, 0) is 10.0 Å². The number of hydrogen-bond acceptors (Lipinski definition) is 3. The van der Waals surface area contributed by atoms with Crippen molar-refractivity contribution in [1.29, 1.82) is 0 Å². The first-order valence-corrected chi connectivity index (χ1v) is 9.18. The molecule has 0 amide bonds. The summed E-state index contributed by atoms with van der Waals surface area (Å²) in [7, 11) is -3.62. The van der Waals surface area contributed by atoms with Crippen LogP contribution in [0.3, 0.4) is 0 Å². The van der Waals surface area contributed by atoms with E-state index in [-0.39, 0.29) is 20.7 Å². The quantitative estimate of drug-likeness (QED) is 0.828. The molecule has 1 heterocycles. The van der Waals surface area contributed by atoms with Crippen molar-refractivity contribution in [3.63, 3.8) is 0 Å². The van der Waals surface area contributed by atoms with Gasteiger partial charge in [-0.3, -0.25) is 0 Å². The number of halogens is 2. The van der Waals surface area contributed by atoms with Crippen molar-refractivity contribution in [2.75, 3.05) is 19.7 Å². The van der Waals surface area contributed by atoms with Gasteiger partial charge in [0.15, 0.2) is 5.75 Å². The van der Waals surface area contributed by atoms with Gasteiger partial charge in [-0.05, 0) is 37.8 Å². The molecule has 1 saturated heterocycles. The Kier molecular flexibility index (Phi) is 5.41. The molecule has 1 aromatic rings. The first-order chi connectivity index (χ1) is 9.87. The molecule has 1 aliphatic rings. The molecule has 1 aliphatic heterocycles. The number of sulfonamides is 1. The Balaban J connectivity index is 2.46. The molecule has 1 fully saturated rings. The molecular formula is C14H19Cl2NO3S. The Hall–Kier alpha value is -0.490. The molecule has 2 rings (SSSR count). The van der Waals surface area contributed by atoms with E-state index in [9.17, 15) is 8.42 Å². The zero-order valence-corrected chi connectivity index (χ0v) is 14.4. The number of rotatable bonds is 4. The lowest BCUT2D eigenvalue weighted by molar-refractivity contribution is 0.278. The van der Waals surface area contributed by atoms with Gasteiger partial charge in [0.05, 0.1) is 11.6 Å². The van der Waals surface area contributed by atoms with Crippen molar-refractivity contribution in [3.05, 3.63) is 22.2 Å². The molecule has 0 N–H and O–H groups in total. The van der Waals surface area contributed by atoms with Gasteiger partial charge in [0.1, 0.15) is 9.92 Å². The van der Waals surface area contributed by atoms with Crippen LogP contribution in [-0.4, -0.2) is 32.4 Å². The predicted octanol–water partition coefficient (Wildman–Crippen LogP) is 3.81. The molecule has 1 atom stereocenters. The molecule has 118 valence electrons. The Labute approximate surface area is 136 Å². The van der Waals surface area contributed by atoms with Crippen LogP contribution in [0.15, 0.2) is 17.0 Å². The summed E-state index contributed by atoms with van der Waals surface area (Å²) in [4.78, 5) is 0.0906. The fraction of sp³-hybridized carbons (Fsp3) is 0.571. The van der Waals surface area contributed by atoms with Crippen molar-refractivity contribution in [2.45, 2.75) is 31.6 Å². The van der Waals surface area contributed by atoms with Gasteiger partial charge in [-0.2, -0.15) is 4.31 Å². The second kappa shape index (κ2) is 6.73. The maximum absolute atomic E-state index is 12.8. The lowest BCUT2D eigenvalue weighted by Crippen LogP contribution is -2.39. The molecule has 0 aliphatic carbocycles. The average molecular weight is 352 g/mol. The molecule has 0 unspecified atom stereocenters. The molecule has 0 radical (unpaired) electrons. The third-order valence-corrected chi connectivity index (χ3v) is 6.22. The molecule has 1 aromatic carbocycles. The van der Waals surface area contributed by atoms with Crippen molar-refractivity contribution in [2.24, 2.45) is 5.92 Å². The van der Waals surface area contributed by atoms with Gasteiger partial charge < -0.3 is 4.74 Å². The van der Waals surface area contributed by atoms with E-state index in [0.717, 1.165) is 12.8 Å². The van der Waals surface area contributed by atoms with E-state index in [0.29, 0.717) is 25.6 Å². The molecule has 0 aromatic heterocycles. The minimum Gasteiger partial charge on any atom is -0.491 e. The summed E-state index contributed by atoms with van der Waals surface area (Å²) in [5.74, 6) is 0.497. The van der Waals surface area contributed by atoms with Crippen molar-refractivity contribution in [3.8, 4) is 5.75 Å². The summed E-state index contributed by atoms with van der Waals surface area (Å²) in [5.41, 5.74) is 0. The third-order valence-electron chi connectivity index (χ3n) is 3.54. The molecule has 4 nitrogen and oxygen atoms in total. The van der Waals surface area contributed by atoms with Crippen LogP contribution in [0, 0.1) is 5.92 Å². The van der Waals surface area contributed by atoms with Crippen LogP contribution in [0.5, 0.6) is 5.75 Å². The number of benzene rings is 1. The highest BCUT2D eigenvalue weighted by molar-refractivity contribution is 7.89. The van der Waals surface area contributed by atoms with Crippen LogP contribution in [0.4, 0.5) is 0 Å². The summed E-state index contributed by atoms with van der Waals surface area (Å²) in [6.45, 7) is 5.20. The highest BCUT2D eigenvalue weighted by Crippen LogP contribution is 2.39. The van der Waals surface area contributed by atoms with Crippen LogP contribution < -0.4 is 4.74 Å². The highest BCUT2D eigenvalue weighted by Gasteiger charge is 2.32. The van der Waals surface area contributed by atoms with Crippen molar-refractivity contribution < 1.29 is 13.2 Å². The van der Waals surface area contributed by atoms with E-state index in [1.165, 1.54) is 16.4 Å². The van der Waals surface area contributed by atoms with Crippen molar-refractivity contribution >= 4 is 33.2 Å². The van der Waals surface area contributed by atoms with Gasteiger partial charge in [0.25, 0.3) is 0 Å². The fourth-order valence-corrected chi connectivity index (χ4v) is 4.66. The molecule has 0 bridgehead atoms. The zero-order chi connectivity index (χ0) is 15.6. The van der Waals surface area contributed by atoms with Gasteiger partial charge in [0, 0.05) is 13.1 Å². The van der Waals surface area contributed by atoms with E-state index >= 15 is 0 Å². The van der Waals surface area contributed by atoms with Crippen LogP contribution >= 0.6 is 23.2 Å². The topological polar surface area (TPSA) is 46.6 Å². The predicted molar refractivity (Wildman–Crippen MR) is 84.8 cm³/mol. The summed E-state index contributed by atoms with van der Waals surface area (Å²) in [5, 5.41) is 0.427.